The second kappa shape index (κ2) is 7.46. The molecule has 1 saturated carbocycles. The molecule has 29 heavy (non-hydrogen) atoms. The van der Waals surface area contributed by atoms with Gasteiger partial charge >= 0.3 is 0 Å². The lowest BCUT2D eigenvalue weighted by atomic mass is 10.1. The van der Waals surface area contributed by atoms with E-state index in [0.717, 1.165) is 16.5 Å². The van der Waals surface area contributed by atoms with E-state index in [1.807, 2.05) is 26.0 Å². The molecule has 2 amide bonds. The van der Waals surface area contributed by atoms with Crippen molar-refractivity contribution in [1.29, 1.82) is 0 Å². The first-order valence-electron chi connectivity index (χ1n) is 9.53. The van der Waals surface area contributed by atoms with Gasteiger partial charge < -0.3 is 16.4 Å². The Morgan fingerprint density at radius 3 is 2.76 bits per heavy atom. The lowest BCUT2D eigenvalue weighted by Crippen LogP contribution is -2.27. The first-order chi connectivity index (χ1) is 14.0. The predicted molar refractivity (Wildman–Crippen MR) is 111 cm³/mol. The van der Waals surface area contributed by atoms with E-state index in [1.165, 1.54) is 0 Å². The summed E-state index contributed by atoms with van der Waals surface area (Å²) in [6.07, 6.45) is 5.64. The van der Waals surface area contributed by atoms with Crippen LogP contribution < -0.4 is 16.4 Å². The van der Waals surface area contributed by atoms with Gasteiger partial charge in [0.1, 0.15) is 11.6 Å². The van der Waals surface area contributed by atoms with Crippen LogP contribution in [0.15, 0.2) is 36.8 Å². The number of anilines is 2. The molecule has 8 heteroatoms. The summed E-state index contributed by atoms with van der Waals surface area (Å²) in [5.41, 5.74) is 8.78. The van der Waals surface area contributed by atoms with E-state index in [1.54, 1.807) is 24.7 Å². The van der Waals surface area contributed by atoms with Crippen LogP contribution in [0.5, 0.6) is 0 Å². The predicted octanol–water partition coefficient (Wildman–Crippen LogP) is 2.29. The van der Waals surface area contributed by atoms with E-state index in [4.69, 9.17) is 5.73 Å². The normalized spacial score (nSPS) is 17.7. The molecule has 4 rings (SSSR count). The summed E-state index contributed by atoms with van der Waals surface area (Å²) in [7, 11) is 0. The Morgan fingerprint density at radius 2 is 2.00 bits per heavy atom. The molecular formula is C21H22N6O2. The van der Waals surface area contributed by atoms with E-state index in [-0.39, 0.29) is 23.7 Å². The van der Waals surface area contributed by atoms with E-state index in [9.17, 15) is 9.59 Å². The SMILES string of the molecule is CCNC(=O)[C@@H]1C[C@@H]1C(=O)Nc1cc2cc(-c3cnccc3C)nc(N)c2cn1. The maximum Gasteiger partial charge on any atom is 0.229 e. The van der Waals surface area contributed by atoms with Crippen molar-refractivity contribution in [1.82, 2.24) is 20.3 Å². The van der Waals surface area contributed by atoms with Gasteiger partial charge in [-0.3, -0.25) is 14.6 Å². The van der Waals surface area contributed by atoms with E-state index >= 15 is 0 Å². The zero-order chi connectivity index (χ0) is 20.5. The molecule has 3 aromatic rings. The van der Waals surface area contributed by atoms with Gasteiger partial charge in [0.15, 0.2) is 0 Å². The Hall–Kier alpha value is -3.55. The third kappa shape index (κ3) is 3.73. The Morgan fingerprint density at radius 1 is 1.21 bits per heavy atom. The van der Waals surface area contributed by atoms with Crippen molar-refractivity contribution in [3.63, 3.8) is 0 Å². The molecule has 3 aromatic heterocycles. The molecule has 3 heterocycles. The van der Waals surface area contributed by atoms with Crippen LogP contribution in [0.1, 0.15) is 18.9 Å². The zero-order valence-corrected chi connectivity index (χ0v) is 16.3. The van der Waals surface area contributed by atoms with Crippen LogP contribution >= 0.6 is 0 Å². The minimum absolute atomic E-state index is 0.0746. The van der Waals surface area contributed by atoms with Crippen molar-refractivity contribution in [2.75, 3.05) is 17.6 Å². The van der Waals surface area contributed by atoms with Crippen LogP contribution in [0.25, 0.3) is 22.0 Å². The Labute approximate surface area is 168 Å². The highest BCUT2D eigenvalue weighted by Gasteiger charge is 2.47. The molecule has 0 bridgehead atoms. The summed E-state index contributed by atoms with van der Waals surface area (Å²) in [5, 5.41) is 7.09. The Balaban J connectivity index is 1.58. The zero-order valence-electron chi connectivity index (χ0n) is 16.3. The molecule has 4 N–H and O–H groups in total. The molecule has 1 aliphatic rings. The smallest absolute Gasteiger partial charge is 0.229 e. The number of nitrogens with two attached hydrogens (primary N) is 1. The quantitative estimate of drug-likeness (QED) is 0.614. The fourth-order valence-corrected chi connectivity index (χ4v) is 3.41. The van der Waals surface area contributed by atoms with Crippen LogP contribution in [0, 0.1) is 18.8 Å². The number of aromatic nitrogens is 3. The summed E-state index contributed by atoms with van der Waals surface area (Å²) in [5.74, 6) is -0.0494. The molecule has 0 unspecified atom stereocenters. The topological polar surface area (TPSA) is 123 Å². The maximum atomic E-state index is 12.5. The minimum atomic E-state index is -0.310. The first-order valence-corrected chi connectivity index (χ1v) is 9.53. The second-order valence-electron chi connectivity index (χ2n) is 7.21. The van der Waals surface area contributed by atoms with E-state index < -0.39 is 0 Å². The average molecular weight is 390 g/mol. The number of pyridine rings is 3. The molecule has 148 valence electrons. The fraction of sp³-hybridized carbons (Fsp3) is 0.286. The van der Waals surface area contributed by atoms with E-state index in [0.29, 0.717) is 35.7 Å². The Kier molecular flexibility index (Phi) is 4.84. The van der Waals surface area contributed by atoms with Crippen molar-refractivity contribution in [3.8, 4) is 11.3 Å². The molecule has 2 atom stereocenters. The van der Waals surface area contributed by atoms with Crippen LogP contribution in [-0.4, -0.2) is 33.3 Å². The third-order valence-electron chi connectivity index (χ3n) is 5.13. The molecule has 8 nitrogen and oxygen atoms in total. The van der Waals surface area contributed by atoms with Crippen molar-refractivity contribution in [2.24, 2.45) is 11.8 Å². The van der Waals surface area contributed by atoms with Gasteiger partial charge in [-0.2, -0.15) is 0 Å². The van der Waals surface area contributed by atoms with Crippen LogP contribution in [-0.2, 0) is 9.59 Å². The van der Waals surface area contributed by atoms with Gasteiger partial charge in [-0.15, -0.1) is 0 Å². The third-order valence-corrected chi connectivity index (χ3v) is 5.13. The number of nitrogens with zero attached hydrogens (tertiary/aromatic N) is 3. The first kappa shape index (κ1) is 18.8. The highest BCUT2D eigenvalue weighted by molar-refractivity contribution is 6.01. The molecular weight excluding hydrogens is 368 g/mol. The van der Waals surface area contributed by atoms with Gasteiger partial charge in [-0.1, -0.05) is 0 Å². The standard InChI is InChI=1S/C21H22N6O2/c1-3-24-20(28)13-8-14(13)21(29)27-18-7-12-6-17(15-9-23-5-4-11(15)2)26-19(22)16(12)10-25-18/h4-7,9-10,13-14H,3,8H2,1-2H3,(H2,22,26)(H,24,28)(H,25,27,29)/t13-,14+/m1/s1. The lowest BCUT2D eigenvalue weighted by molar-refractivity contribution is -0.125. The van der Waals surface area contributed by atoms with Crippen molar-refractivity contribution < 1.29 is 9.59 Å². The fourth-order valence-electron chi connectivity index (χ4n) is 3.41. The van der Waals surface area contributed by atoms with Crippen molar-refractivity contribution >= 4 is 34.2 Å². The van der Waals surface area contributed by atoms with Gasteiger partial charge in [0.2, 0.25) is 11.8 Å². The second-order valence-corrected chi connectivity index (χ2v) is 7.21. The summed E-state index contributed by atoms with van der Waals surface area (Å²) in [6, 6.07) is 5.59. The number of carbonyl (C=O) groups excluding carboxylic acids is 2. The van der Waals surface area contributed by atoms with Crippen LogP contribution in [0.3, 0.4) is 0 Å². The molecule has 0 saturated heterocycles. The molecule has 0 aliphatic heterocycles. The molecule has 1 fully saturated rings. The number of nitrogens with one attached hydrogen (secondary N) is 2. The van der Waals surface area contributed by atoms with Gasteiger partial charge in [-0.25, -0.2) is 9.97 Å². The van der Waals surface area contributed by atoms with Gasteiger partial charge in [0, 0.05) is 36.1 Å². The maximum absolute atomic E-state index is 12.5. The summed E-state index contributed by atoms with van der Waals surface area (Å²) < 4.78 is 0. The summed E-state index contributed by atoms with van der Waals surface area (Å²) >= 11 is 0. The number of nitrogen functional groups attached to an aromatic ring is 1. The number of carbonyl (C=O) groups is 2. The molecule has 0 radical (unpaired) electrons. The number of hydrogen-bond donors (Lipinski definition) is 3. The largest absolute Gasteiger partial charge is 0.383 e. The van der Waals surface area contributed by atoms with Crippen LogP contribution in [0.2, 0.25) is 0 Å². The summed E-state index contributed by atoms with van der Waals surface area (Å²) in [4.78, 5) is 37.2. The molecule has 1 aliphatic carbocycles. The van der Waals surface area contributed by atoms with Crippen molar-refractivity contribution in [3.05, 3.63) is 42.4 Å². The Bertz CT molecular complexity index is 1110. The number of fused-ring (bicyclic) bond motifs is 1. The number of rotatable bonds is 5. The monoisotopic (exact) mass is 390 g/mol. The van der Waals surface area contributed by atoms with Crippen molar-refractivity contribution in [2.45, 2.75) is 20.3 Å². The summed E-state index contributed by atoms with van der Waals surface area (Å²) in [6.45, 7) is 4.40. The lowest BCUT2D eigenvalue weighted by Gasteiger charge is -2.10. The minimum Gasteiger partial charge on any atom is -0.383 e. The van der Waals surface area contributed by atoms with Gasteiger partial charge in [0.05, 0.1) is 17.5 Å². The highest BCUT2D eigenvalue weighted by atomic mass is 16.2. The van der Waals surface area contributed by atoms with Gasteiger partial charge in [-0.05, 0) is 49.4 Å². The average Bonchev–Trinajstić information content (AvgIpc) is 3.49. The number of amides is 2. The highest BCUT2D eigenvalue weighted by Crippen LogP contribution is 2.39. The van der Waals surface area contributed by atoms with Gasteiger partial charge in [0.25, 0.3) is 0 Å². The van der Waals surface area contributed by atoms with Crippen LogP contribution in [0.4, 0.5) is 11.6 Å². The molecule has 0 spiro atoms. The number of hydrogen-bond acceptors (Lipinski definition) is 6. The number of aryl methyl sites for hydroxylation is 1. The van der Waals surface area contributed by atoms with E-state index in [2.05, 4.69) is 25.6 Å². The molecule has 0 aromatic carbocycles.